The monoisotopic (exact) mass is 229 g/mol. The molecule has 0 saturated heterocycles. The number of rotatable bonds is 8. The lowest BCUT2D eigenvalue weighted by Crippen LogP contribution is -2.33. The molecule has 0 bridgehead atoms. The van der Waals surface area contributed by atoms with Gasteiger partial charge in [-0.2, -0.15) is 0 Å². The Hall–Kier alpha value is -0.610. The SMILES string of the molecule is CNCCN(C)C(=O)CCC(C)(C)CCN. The largest absolute Gasteiger partial charge is 0.344 e. The van der Waals surface area contributed by atoms with Gasteiger partial charge in [0, 0.05) is 26.6 Å². The maximum atomic E-state index is 11.8. The van der Waals surface area contributed by atoms with Crippen molar-refractivity contribution in [2.45, 2.75) is 33.1 Å². The van der Waals surface area contributed by atoms with E-state index in [4.69, 9.17) is 5.73 Å². The van der Waals surface area contributed by atoms with Gasteiger partial charge < -0.3 is 16.0 Å². The van der Waals surface area contributed by atoms with Crippen molar-refractivity contribution in [1.29, 1.82) is 0 Å². The van der Waals surface area contributed by atoms with Crippen molar-refractivity contribution in [2.75, 3.05) is 33.7 Å². The van der Waals surface area contributed by atoms with Gasteiger partial charge >= 0.3 is 0 Å². The molecule has 0 aromatic heterocycles. The van der Waals surface area contributed by atoms with E-state index in [1.165, 1.54) is 0 Å². The van der Waals surface area contributed by atoms with Crippen LogP contribution in [-0.2, 0) is 4.79 Å². The minimum absolute atomic E-state index is 0.175. The number of hydrogen-bond donors (Lipinski definition) is 2. The predicted octanol–water partition coefficient (Wildman–Crippen LogP) is 0.819. The van der Waals surface area contributed by atoms with E-state index in [1.807, 2.05) is 14.1 Å². The molecule has 0 aliphatic rings. The Morgan fingerprint density at radius 3 is 2.50 bits per heavy atom. The quantitative estimate of drug-likeness (QED) is 0.648. The molecular formula is C12H27N3O. The highest BCUT2D eigenvalue weighted by Crippen LogP contribution is 2.26. The Bertz CT molecular complexity index is 204. The normalized spacial score (nSPS) is 11.6. The molecule has 0 radical (unpaired) electrons. The Morgan fingerprint density at radius 2 is 2.00 bits per heavy atom. The predicted molar refractivity (Wildman–Crippen MR) is 68.3 cm³/mol. The van der Waals surface area contributed by atoms with Crippen LogP contribution in [0.15, 0.2) is 0 Å². The van der Waals surface area contributed by atoms with E-state index in [2.05, 4.69) is 19.2 Å². The molecule has 0 heterocycles. The van der Waals surface area contributed by atoms with E-state index >= 15 is 0 Å². The van der Waals surface area contributed by atoms with E-state index in [1.54, 1.807) is 4.90 Å². The lowest BCUT2D eigenvalue weighted by molar-refractivity contribution is -0.130. The van der Waals surface area contributed by atoms with Crippen molar-refractivity contribution >= 4 is 5.91 Å². The topological polar surface area (TPSA) is 58.4 Å². The number of amides is 1. The fraction of sp³-hybridized carbons (Fsp3) is 0.917. The summed E-state index contributed by atoms with van der Waals surface area (Å²) in [4.78, 5) is 13.6. The minimum atomic E-state index is 0.175. The third-order valence-corrected chi connectivity index (χ3v) is 2.96. The molecule has 0 aliphatic carbocycles. The summed E-state index contributed by atoms with van der Waals surface area (Å²) in [6.07, 6.45) is 2.50. The van der Waals surface area contributed by atoms with Crippen molar-refractivity contribution in [2.24, 2.45) is 11.1 Å². The van der Waals surface area contributed by atoms with Gasteiger partial charge in [0.1, 0.15) is 0 Å². The molecular weight excluding hydrogens is 202 g/mol. The zero-order chi connectivity index (χ0) is 12.6. The highest BCUT2D eigenvalue weighted by Gasteiger charge is 2.19. The van der Waals surface area contributed by atoms with Crippen LogP contribution in [0.5, 0.6) is 0 Å². The summed E-state index contributed by atoms with van der Waals surface area (Å²) in [6.45, 7) is 6.64. The second-order valence-corrected chi connectivity index (χ2v) is 5.12. The molecule has 0 aliphatic heterocycles. The second-order valence-electron chi connectivity index (χ2n) is 5.12. The Labute approximate surface area is 99.6 Å². The summed E-state index contributed by atoms with van der Waals surface area (Å²) in [6, 6.07) is 0. The molecule has 0 aromatic carbocycles. The van der Waals surface area contributed by atoms with E-state index < -0.39 is 0 Å². The summed E-state index contributed by atoms with van der Waals surface area (Å²) in [5, 5.41) is 3.04. The minimum Gasteiger partial charge on any atom is -0.344 e. The van der Waals surface area contributed by atoms with Gasteiger partial charge in [-0.15, -0.1) is 0 Å². The molecule has 0 atom stereocenters. The molecule has 96 valence electrons. The average Bonchev–Trinajstić information content (AvgIpc) is 2.22. The summed E-state index contributed by atoms with van der Waals surface area (Å²) in [5.41, 5.74) is 5.72. The van der Waals surface area contributed by atoms with Crippen LogP contribution in [0.2, 0.25) is 0 Å². The van der Waals surface area contributed by atoms with E-state index in [-0.39, 0.29) is 11.3 Å². The third-order valence-electron chi connectivity index (χ3n) is 2.96. The molecule has 0 saturated carbocycles. The van der Waals surface area contributed by atoms with Crippen LogP contribution in [0, 0.1) is 5.41 Å². The zero-order valence-corrected chi connectivity index (χ0v) is 11.2. The van der Waals surface area contributed by atoms with Gasteiger partial charge in [0.2, 0.25) is 5.91 Å². The van der Waals surface area contributed by atoms with Gasteiger partial charge in [0.05, 0.1) is 0 Å². The van der Waals surface area contributed by atoms with Crippen molar-refractivity contribution < 1.29 is 4.79 Å². The van der Waals surface area contributed by atoms with Gasteiger partial charge in [0.25, 0.3) is 0 Å². The number of nitrogens with two attached hydrogens (primary N) is 1. The standard InChI is InChI=1S/C12H27N3O/c1-12(2,7-8-13)6-5-11(16)15(4)10-9-14-3/h14H,5-10,13H2,1-4H3. The Morgan fingerprint density at radius 1 is 1.38 bits per heavy atom. The molecule has 0 aromatic rings. The number of carbonyl (C=O) groups is 1. The van der Waals surface area contributed by atoms with Gasteiger partial charge in [-0.05, 0) is 31.8 Å². The highest BCUT2D eigenvalue weighted by molar-refractivity contribution is 5.75. The van der Waals surface area contributed by atoms with Crippen molar-refractivity contribution in [3.8, 4) is 0 Å². The Balaban J connectivity index is 3.87. The van der Waals surface area contributed by atoms with Gasteiger partial charge in [-0.3, -0.25) is 4.79 Å². The van der Waals surface area contributed by atoms with Gasteiger partial charge in [-0.1, -0.05) is 13.8 Å². The average molecular weight is 229 g/mol. The van der Waals surface area contributed by atoms with E-state index in [9.17, 15) is 4.79 Å². The van der Waals surface area contributed by atoms with Crippen molar-refractivity contribution in [1.82, 2.24) is 10.2 Å². The van der Waals surface area contributed by atoms with Crippen LogP contribution in [0.3, 0.4) is 0 Å². The van der Waals surface area contributed by atoms with Crippen LogP contribution in [0.4, 0.5) is 0 Å². The van der Waals surface area contributed by atoms with Crippen LogP contribution in [0.25, 0.3) is 0 Å². The highest BCUT2D eigenvalue weighted by atomic mass is 16.2. The second kappa shape index (κ2) is 7.63. The number of likely N-dealkylation sites (N-methyl/N-ethyl adjacent to an activating group) is 2. The molecule has 1 amide bonds. The Kier molecular flexibility index (Phi) is 7.34. The summed E-state index contributed by atoms with van der Waals surface area (Å²) >= 11 is 0. The van der Waals surface area contributed by atoms with Gasteiger partial charge in [-0.25, -0.2) is 0 Å². The molecule has 4 heteroatoms. The number of nitrogens with zero attached hydrogens (tertiary/aromatic N) is 1. The van der Waals surface area contributed by atoms with Crippen LogP contribution < -0.4 is 11.1 Å². The lowest BCUT2D eigenvalue weighted by Gasteiger charge is -2.25. The summed E-state index contributed by atoms with van der Waals surface area (Å²) < 4.78 is 0. The van der Waals surface area contributed by atoms with Crippen LogP contribution in [-0.4, -0.2) is 44.5 Å². The first-order valence-electron chi connectivity index (χ1n) is 6.01. The molecule has 0 fully saturated rings. The van der Waals surface area contributed by atoms with E-state index in [0.29, 0.717) is 13.0 Å². The molecule has 0 rings (SSSR count). The maximum absolute atomic E-state index is 11.8. The fourth-order valence-electron chi connectivity index (χ4n) is 1.56. The van der Waals surface area contributed by atoms with E-state index in [0.717, 1.165) is 25.9 Å². The zero-order valence-electron chi connectivity index (χ0n) is 11.2. The molecule has 0 unspecified atom stereocenters. The summed E-state index contributed by atoms with van der Waals surface area (Å²) in [7, 11) is 3.75. The smallest absolute Gasteiger partial charge is 0.222 e. The summed E-state index contributed by atoms with van der Waals surface area (Å²) in [5.74, 6) is 0.223. The van der Waals surface area contributed by atoms with Crippen LogP contribution in [0.1, 0.15) is 33.1 Å². The first kappa shape index (κ1) is 15.4. The fourth-order valence-corrected chi connectivity index (χ4v) is 1.56. The molecule has 4 nitrogen and oxygen atoms in total. The number of nitrogens with one attached hydrogen (secondary N) is 1. The van der Waals surface area contributed by atoms with Gasteiger partial charge in [0.15, 0.2) is 0 Å². The molecule has 16 heavy (non-hydrogen) atoms. The first-order chi connectivity index (χ1) is 7.43. The number of hydrogen-bond acceptors (Lipinski definition) is 3. The molecule has 3 N–H and O–H groups in total. The van der Waals surface area contributed by atoms with Crippen molar-refractivity contribution in [3.63, 3.8) is 0 Å². The van der Waals surface area contributed by atoms with Crippen LogP contribution >= 0.6 is 0 Å². The number of carbonyl (C=O) groups excluding carboxylic acids is 1. The third kappa shape index (κ3) is 6.80. The maximum Gasteiger partial charge on any atom is 0.222 e. The molecule has 0 spiro atoms. The lowest BCUT2D eigenvalue weighted by atomic mass is 9.84. The first-order valence-corrected chi connectivity index (χ1v) is 6.01. The van der Waals surface area contributed by atoms with Crippen molar-refractivity contribution in [3.05, 3.63) is 0 Å².